The lowest BCUT2D eigenvalue weighted by Gasteiger charge is -2.07. The van der Waals surface area contributed by atoms with E-state index in [2.05, 4.69) is 5.32 Å². The van der Waals surface area contributed by atoms with Gasteiger partial charge in [-0.1, -0.05) is 17.7 Å². The molecule has 0 aliphatic carbocycles. The quantitative estimate of drug-likeness (QED) is 0.364. The molecule has 1 heterocycles. The smallest absolute Gasteiger partial charge is 0.433 e. The van der Waals surface area contributed by atoms with Crippen molar-refractivity contribution in [3.63, 3.8) is 0 Å². The average molecular weight is 365 g/mol. The lowest BCUT2D eigenvalue weighted by Crippen LogP contribution is -2.20. The second-order valence-corrected chi connectivity index (χ2v) is 5.31. The van der Waals surface area contributed by atoms with Gasteiger partial charge >= 0.3 is 11.9 Å². The Balaban J connectivity index is 1.83. The molecule has 0 radical (unpaired) electrons. The van der Waals surface area contributed by atoms with Crippen LogP contribution in [0.2, 0.25) is 5.02 Å². The molecular formula is C16H13ClN2O6. The van der Waals surface area contributed by atoms with Crippen LogP contribution in [0.4, 0.5) is 11.6 Å². The molecule has 1 amide bonds. The first kappa shape index (κ1) is 18.2. The Bertz CT molecular complexity index is 843. The molecule has 0 spiro atoms. The molecule has 0 aliphatic rings. The van der Waals surface area contributed by atoms with Crippen LogP contribution >= 0.6 is 11.6 Å². The fraction of sp³-hybridized carbons (Fsp3) is 0.125. The Morgan fingerprint density at radius 2 is 2.12 bits per heavy atom. The summed E-state index contributed by atoms with van der Waals surface area (Å²) >= 11 is 5.99. The minimum absolute atomic E-state index is 0.111. The van der Waals surface area contributed by atoms with Gasteiger partial charge in [-0.2, -0.15) is 0 Å². The van der Waals surface area contributed by atoms with Crippen LogP contribution in [0.5, 0.6) is 0 Å². The first-order valence-corrected chi connectivity index (χ1v) is 7.38. The maximum atomic E-state index is 11.7. The second-order valence-electron chi connectivity index (χ2n) is 4.91. The van der Waals surface area contributed by atoms with E-state index < -0.39 is 29.3 Å². The zero-order valence-electron chi connectivity index (χ0n) is 13.0. The molecule has 9 heteroatoms. The second kappa shape index (κ2) is 8.11. The molecule has 130 valence electrons. The molecule has 8 nitrogen and oxygen atoms in total. The van der Waals surface area contributed by atoms with Crippen molar-refractivity contribution in [3.8, 4) is 0 Å². The first-order chi connectivity index (χ1) is 11.8. The Kier molecular flexibility index (Phi) is 5.91. The van der Waals surface area contributed by atoms with Crippen LogP contribution in [0.25, 0.3) is 6.08 Å². The van der Waals surface area contributed by atoms with Crippen LogP contribution in [-0.2, 0) is 14.3 Å². The van der Waals surface area contributed by atoms with E-state index in [0.717, 1.165) is 17.7 Å². The number of carbonyl (C=O) groups is 2. The molecule has 0 aliphatic heterocycles. The number of anilines is 1. The van der Waals surface area contributed by atoms with Gasteiger partial charge in [-0.15, -0.1) is 0 Å². The van der Waals surface area contributed by atoms with Gasteiger partial charge in [0.05, 0.1) is 16.8 Å². The molecule has 0 saturated carbocycles. The molecular weight excluding hydrogens is 352 g/mol. The molecule has 1 aromatic heterocycles. The number of nitro groups is 1. The summed E-state index contributed by atoms with van der Waals surface area (Å²) in [5.74, 6) is -1.69. The molecule has 0 unspecified atom stereocenters. The summed E-state index contributed by atoms with van der Waals surface area (Å²) in [5, 5.41) is 13.4. The van der Waals surface area contributed by atoms with E-state index in [1.165, 1.54) is 12.1 Å². The zero-order chi connectivity index (χ0) is 18.4. The van der Waals surface area contributed by atoms with E-state index >= 15 is 0 Å². The van der Waals surface area contributed by atoms with Gasteiger partial charge in [0.2, 0.25) is 0 Å². The van der Waals surface area contributed by atoms with E-state index in [4.69, 9.17) is 20.8 Å². The summed E-state index contributed by atoms with van der Waals surface area (Å²) in [6, 6.07) is 7.59. The van der Waals surface area contributed by atoms with Gasteiger partial charge in [-0.25, -0.2) is 4.79 Å². The third-order valence-corrected chi connectivity index (χ3v) is 3.23. The molecule has 25 heavy (non-hydrogen) atoms. The highest BCUT2D eigenvalue weighted by atomic mass is 35.5. The summed E-state index contributed by atoms with van der Waals surface area (Å²) in [7, 11) is 0. The van der Waals surface area contributed by atoms with E-state index in [-0.39, 0.29) is 5.76 Å². The Hall–Kier alpha value is -3.13. The lowest BCUT2D eigenvalue weighted by molar-refractivity contribution is -0.402. The number of amides is 1. The van der Waals surface area contributed by atoms with Gasteiger partial charge in [0.25, 0.3) is 5.91 Å². The van der Waals surface area contributed by atoms with Crippen LogP contribution in [0.15, 0.2) is 40.8 Å². The van der Waals surface area contributed by atoms with E-state index in [1.54, 1.807) is 18.2 Å². The third-order valence-electron chi connectivity index (χ3n) is 2.92. The number of furan rings is 1. The third kappa shape index (κ3) is 5.47. The highest BCUT2D eigenvalue weighted by Crippen LogP contribution is 2.22. The number of rotatable bonds is 6. The number of esters is 1. The van der Waals surface area contributed by atoms with Crippen LogP contribution in [-0.4, -0.2) is 23.4 Å². The molecule has 0 fully saturated rings. The van der Waals surface area contributed by atoms with Gasteiger partial charge in [0.1, 0.15) is 10.7 Å². The highest BCUT2D eigenvalue weighted by Gasteiger charge is 2.11. The van der Waals surface area contributed by atoms with Crippen molar-refractivity contribution >= 4 is 41.1 Å². The average Bonchev–Trinajstić information content (AvgIpc) is 3.03. The Morgan fingerprint density at radius 3 is 2.76 bits per heavy atom. The van der Waals surface area contributed by atoms with Crippen LogP contribution in [0, 0.1) is 17.0 Å². The number of hydrogen-bond donors (Lipinski definition) is 1. The van der Waals surface area contributed by atoms with Crippen LogP contribution in [0.3, 0.4) is 0 Å². The summed E-state index contributed by atoms with van der Waals surface area (Å²) in [6.07, 6.45) is 2.19. The zero-order valence-corrected chi connectivity index (χ0v) is 13.8. The molecule has 2 rings (SSSR count). The number of hydrogen-bond acceptors (Lipinski definition) is 6. The molecule has 2 aromatic rings. The number of nitrogens with zero attached hydrogens (tertiary/aromatic N) is 1. The van der Waals surface area contributed by atoms with Crippen molar-refractivity contribution in [1.29, 1.82) is 0 Å². The summed E-state index contributed by atoms with van der Waals surface area (Å²) in [4.78, 5) is 33.0. The topological polar surface area (TPSA) is 112 Å². The van der Waals surface area contributed by atoms with Gasteiger partial charge in [-0.3, -0.25) is 14.9 Å². The fourth-order valence-electron chi connectivity index (χ4n) is 1.77. The largest absolute Gasteiger partial charge is 0.452 e. The predicted octanol–water partition coefficient (Wildman–Crippen LogP) is 3.34. The number of halogens is 1. The number of nitrogens with one attached hydrogen (secondary N) is 1. The van der Waals surface area contributed by atoms with Gasteiger partial charge in [0.15, 0.2) is 6.61 Å². The molecule has 0 saturated heterocycles. The van der Waals surface area contributed by atoms with Crippen molar-refractivity contribution in [2.75, 3.05) is 11.9 Å². The van der Waals surface area contributed by atoms with Gasteiger partial charge < -0.3 is 14.5 Å². The Morgan fingerprint density at radius 1 is 1.36 bits per heavy atom. The number of carbonyl (C=O) groups excluding carboxylic acids is 2. The van der Waals surface area contributed by atoms with Crippen LogP contribution < -0.4 is 5.32 Å². The monoisotopic (exact) mass is 364 g/mol. The SMILES string of the molecule is Cc1ccc(NC(=O)COC(=O)/C=C/c2ccc([N+](=O)[O-])o2)c(Cl)c1. The summed E-state index contributed by atoms with van der Waals surface area (Å²) < 4.78 is 9.59. The Labute approximate surface area is 147 Å². The summed E-state index contributed by atoms with van der Waals surface area (Å²) in [5.41, 5.74) is 1.35. The number of benzene rings is 1. The lowest BCUT2D eigenvalue weighted by atomic mass is 10.2. The van der Waals surface area contributed by atoms with Crippen molar-refractivity contribution in [3.05, 3.63) is 62.9 Å². The van der Waals surface area contributed by atoms with Gasteiger partial charge in [0, 0.05) is 6.08 Å². The first-order valence-electron chi connectivity index (χ1n) is 7.00. The van der Waals surface area contributed by atoms with Crippen LogP contribution in [0.1, 0.15) is 11.3 Å². The molecule has 1 N–H and O–H groups in total. The van der Waals surface area contributed by atoms with Crippen molar-refractivity contribution in [2.24, 2.45) is 0 Å². The van der Waals surface area contributed by atoms with Crippen molar-refractivity contribution < 1.29 is 23.7 Å². The van der Waals surface area contributed by atoms with E-state index in [1.807, 2.05) is 6.92 Å². The van der Waals surface area contributed by atoms with Crippen molar-refractivity contribution in [2.45, 2.75) is 6.92 Å². The maximum Gasteiger partial charge on any atom is 0.433 e. The fourth-order valence-corrected chi connectivity index (χ4v) is 2.06. The number of aryl methyl sites for hydroxylation is 1. The normalized spacial score (nSPS) is 10.6. The van der Waals surface area contributed by atoms with E-state index in [9.17, 15) is 19.7 Å². The molecule has 0 bridgehead atoms. The maximum absolute atomic E-state index is 11.7. The molecule has 1 aromatic carbocycles. The molecule has 0 atom stereocenters. The van der Waals surface area contributed by atoms with E-state index in [0.29, 0.717) is 10.7 Å². The highest BCUT2D eigenvalue weighted by molar-refractivity contribution is 6.33. The standard InChI is InChI=1S/C16H13ClN2O6/c1-10-2-5-13(12(17)8-10)18-14(20)9-24-16(21)7-4-11-3-6-15(25-11)19(22)23/h2-8H,9H2,1H3,(H,18,20)/b7-4+. The van der Waals surface area contributed by atoms with Gasteiger partial charge in [-0.05, 0) is 36.8 Å². The van der Waals surface area contributed by atoms with Crippen molar-refractivity contribution in [1.82, 2.24) is 0 Å². The minimum Gasteiger partial charge on any atom is -0.452 e. The minimum atomic E-state index is -0.802. The predicted molar refractivity (Wildman–Crippen MR) is 90.2 cm³/mol. The summed E-state index contributed by atoms with van der Waals surface area (Å²) in [6.45, 7) is 1.35. The number of ether oxygens (including phenoxy) is 1.